The van der Waals surface area contributed by atoms with Gasteiger partial charge in [0.2, 0.25) is 0 Å². The van der Waals surface area contributed by atoms with E-state index in [1.165, 1.54) is 70.6 Å². The topological polar surface area (TPSA) is 43.4 Å². The fraction of sp³-hybridized carbons (Fsp3) is 0.900. The number of carbonyl (C=O) groups is 2. The second kappa shape index (κ2) is 12.5. The van der Waals surface area contributed by atoms with Crippen LogP contribution in [0.15, 0.2) is 0 Å². The second-order valence-corrected chi connectivity index (χ2v) is 7.19. The van der Waals surface area contributed by atoms with E-state index >= 15 is 0 Å². The average Bonchev–Trinajstić information content (AvgIpc) is 2.85. The van der Waals surface area contributed by atoms with Crippen LogP contribution in [-0.4, -0.2) is 11.9 Å². The largest absolute Gasteiger partial charge is 0.393 e. The number of cyclic esters (lactones) is 2. The number of hydrogen-bond donors (Lipinski definition) is 0. The molecule has 1 aliphatic heterocycles. The molecule has 23 heavy (non-hydrogen) atoms. The van der Waals surface area contributed by atoms with Gasteiger partial charge in [0.1, 0.15) is 0 Å². The van der Waals surface area contributed by atoms with Gasteiger partial charge < -0.3 is 4.74 Å². The predicted octanol–water partition coefficient (Wildman–Crippen LogP) is 5.80. The van der Waals surface area contributed by atoms with Crippen LogP contribution in [0.3, 0.4) is 0 Å². The van der Waals surface area contributed by atoms with E-state index < -0.39 is 0 Å². The molecule has 0 saturated carbocycles. The molecular weight excluding hydrogens is 288 g/mol. The summed E-state index contributed by atoms with van der Waals surface area (Å²) < 4.78 is 4.60. The van der Waals surface area contributed by atoms with Crippen LogP contribution in [-0.2, 0) is 14.3 Å². The number of unbranched alkanes of at least 4 members (excludes halogenated alkanes) is 6. The van der Waals surface area contributed by atoms with Crippen LogP contribution in [0.4, 0.5) is 0 Å². The lowest BCUT2D eigenvalue weighted by molar-refractivity contribution is -0.153. The van der Waals surface area contributed by atoms with Crippen LogP contribution in [0.1, 0.15) is 104 Å². The first-order valence-electron chi connectivity index (χ1n) is 9.91. The summed E-state index contributed by atoms with van der Waals surface area (Å²) in [6, 6.07) is 0. The van der Waals surface area contributed by atoms with Crippen LogP contribution in [0.2, 0.25) is 0 Å². The SMILES string of the molecule is CCCCCCC(CCCC)CCCCCC1CC(=O)OC1=O. The molecule has 0 aliphatic carbocycles. The Hall–Kier alpha value is -0.860. The Morgan fingerprint density at radius 2 is 1.48 bits per heavy atom. The monoisotopic (exact) mass is 324 g/mol. The summed E-state index contributed by atoms with van der Waals surface area (Å²) in [7, 11) is 0. The highest BCUT2D eigenvalue weighted by Crippen LogP contribution is 2.25. The highest BCUT2D eigenvalue weighted by atomic mass is 16.6. The third-order valence-corrected chi connectivity index (χ3v) is 5.06. The summed E-state index contributed by atoms with van der Waals surface area (Å²) in [5.41, 5.74) is 0. The van der Waals surface area contributed by atoms with Gasteiger partial charge in [0.05, 0.1) is 12.3 Å². The van der Waals surface area contributed by atoms with Gasteiger partial charge in [-0.3, -0.25) is 9.59 Å². The molecule has 0 aromatic heterocycles. The molecule has 0 aromatic rings. The standard InChI is InChI=1S/C20H36O3/c1-3-5-7-9-13-17(12-6-4-2)14-10-8-11-15-18-16-19(21)23-20(18)22/h17-18H,3-16H2,1-2H3. The molecule has 1 rings (SSSR count). The molecule has 1 fully saturated rings. The van der Waals surface area contributed by atoms with Gasteiger partial charge in [-0.1, -0.05) is 90.9 Å². The molecular formula is C20H36O3. The lowest BCUT2D eigenvalue weighted by Crippen LogP contribution is -2.07. The fourth-order valence-corrected chi connectivity index (χ4v) is 3.53. The smallest absolute Gasteiger partial charge is 0.317 e. The lowest BCUT2D eigenvalue weighted by Gasteiger charge is -2.16. The molecule has 0 N–H and O–H groups in total. The Labute approximate surface area is 142 Å². The number of rotatable bonds is 14. The molecule has 0 aromatic carbocycles. The molecule has 134 valence electrons. The minimum Gasteiger partial charge on any atom is -0.393 e. The molecule has 2 atom stereocenters. The molecule has 2 unspecified atom stereocenters. The quantitative estimate of drug-likeness (QED) is 0.230. The van der Waals surface area contributed by atoms with Crippen molar-refractivity contribution in [2.75, 3.05) is 0 Å². The van der Waals surface area contributed by atoms with Crippen LogP contribution < -0.4 is 0 Å². The van der Waals surface area contributed by atoms with Crippen molar-refractivity contribution in [1.82, 2.24) is 0 Å². The van der Waals surface area contributed by atoms with E-state index in [0.29, 0.717) is 6.42 Å². The molecule has 3 heteroatoms. The van der Waals surface area contributed by atoms with Gasteiger partial charge in [-0.2, -0.15) is 0 Å². The molecule has 0 spiro atoms. The summed E-state index contributed by atoms with van der Waals surface area (Å²) in [5, 5.41) is 0. The lowest BCUT2D eigenvalue weighted by atomic mass is 9.89. The van der Waals surface area contributed by atoms with Crippen molar-refractivity contribution < 1.29 is 14.3 Å². The highest BCUT2D eigenvalue weighted by molar-refractivity contribution is 5.94. The zero-order chi connectivity index (χ0) is 16.9. The summed E-state index contributed by atoms with van der Waals surface area (Å²) >= 11 is 0. The Balaban J connectivity index is 2.10. The second-order valence-electron chi connectivity index (χ2n) is 7.19. The minimum absolute atomic E-state index is 0.160. The Morgan fingerprint density at radius 3 is 2.04 bits per heavy atom. The summed E-state index contributed by atoms with van der Waals surface area (Å²) in [5.74, 6) is 0.0933. The first-order valence-corrected chi connectivity index (χ1v) is 9.91. The van der Waals surface area contributed by atoms with Gasteiger partial charge in [0, 0.05) is 0 Å². The normalized spacial score (nSPS) is 19.1. The Kier molecular flexibility index (Phi) is 11.0. The first kappa shape index (κ1) is 20.2. The minimum atomic E-state index is -0.341. The third-order valence-electron chi connectivity index (χ3n) is 5.06. The molecule has 0 radical (unpaired) electrons. The molecule has 1 aliphatic rings. The zero-order valence-electron chi connectivity index (χ0n) is 15.3. The van der Waals surface area contributed by atoms with Crippen LogP contribution in [0.5, 0.6) is 0 Å². The van der Waals surface area contributed by atoms with Gasteiger partial charge in [0.25, 0.3) is 0 Å². The zero-order valence-corrected chi connectivity index (χ0v) is 15.3. The maximum atomic E-state index is 11.4. The van der Waals surface area contributed by atoms with E-state index in [4.69, 9.17) is 0 Å². The maximum Gasteiger partial charge on any atom is 0.317 e. The number of hydrogen-bond acceptors (Lipinski definition) is 3. The Morgan fingerprint density at radius 1 is 0.870 bits per heavy atom. The van der Waals surface area contributed by atoms with Crippen LogP contribution in [0.25, 0.3) is 0 Å². The van der Waals surface area contributed by atoms with Crippen molar-refractivity contribution in [3.63, 3.8) is 0 Å². The molecule has 0 amide bonds. The van der Waals surface area contributed by atoms with Crippen molar-refractivity contribution >= 4 is 11.9 Å². The predicted molar refractivity (Wildman–Crippen MR) is 94.1 cm³/mol. The average molecular weight is 325 g/mol. The van der Waals surface area contributed by atoms with Crippen molar-refractivity contribution in [2.24, 2.45) is 11.8 Å². The first-order chi connectivity index (χ1) is 11.2. The Bertz CT molecular complexity index is 338. The van der Waals surface area contributed by atoms with Crippen LogP contribution in [0, 0.1) is 11.8 Å². The summed E-state index contributed by atoms with van der Waals surface area (Å²) in [6.45, 7) is 4.54. The van der Waals surface area contributed by atoms with E-state index in [9.17, 15) is 9.59 Å². The van der Waals surface area contributed by atoms with Gasteiger partial charge in [0.15, 0.2) is 0 Å². The van der Waals surface area contributed by atoms with E-state index in [2.05, 4.69) is 18.6 Å². The third kappa shape index (κ3) is 9.12. The van der Waals surface area contributed by atoms with E-state index in [0.717, 1.165) is 18.8 Å². The van der Waals surface area contributed by atoms with Gasteiger partial charge in [-0.25, -0.2) is 0 Å². The van der Waals surface area contributed by atoms with E-state index in [-0.39, 0.29) is 17.9 Å². The summed E-state index contributed by atoms with van der Waals surface area (Å²) in [6.07, 6.45) is 16.8. The number of esters is 2. The molecule has 1 saturated heterocycles. The van der Waals surface area contributed by atoms with Gasteiger partial charge in [-0.05, 0) is 12.3 Å². The number of carbonyl (C=O) groups excluding carboxylic acids is 2. The van der Waals surface area contributed by atoms with E-state index in [1.54, 1.807) is 0 Å². The number of ether oxygens (including phenoxy) is 1. The van der Waals surface area contributed by atoms with E-state index in [1.807, 2.05) is 0 Å². The summed E-state index contributed by atoms with van der Waals surface area (Å²) in [4.78, 5) is 22.4. The van der Waals surface area contributed by atoms with Crippen molar-refractivity contribution in [1.29, 1.82) is 0 Å². The van der Waals surface area contributed by atoms with Crippen molar-refractivity contribution in [2.45, 2.75) is 104 Å². The highest BCUT2D eigenvalue weighted by Gasteiger charge is 2.32. The van der Waals surface area contributed by atoms with Crippen molar-refractivity contribution in [3.8, 4) is 0 Å². The van der Waals surface area contributed by atoms with Gasteiger partial charge in [-0.15, -0.1) is 0 Å². The maximum absolute atomic E-state index is 11.4. The van der Waals surface area contributed by atoms with Gasteiger partial charge >= 0.3 is 11.9 Å². The molecule has 0 bridgehead atoms. The van der Waals surface area contributed by atoms with Crippen molar-refractivity contribution in [3.05, 3.63) is 0 Å². The fourth-order valence-electron chi connectivity index (χ4n) is 3.53. The molecule has 1 heterocycles. The molecule has 3 nitrogen and oxygen atoms in total. The van der Waals surface area contributed by atoms with Crippen LogP contribution >= 0.6 is 0 Å².